The summed E-state index contributed by atoms with van der Waals surface area (Å²) in [7, 11) is 0. The van der Waals surface area contributed by atoms with Crippen molar-refractivity contribution in [1.82, 2.24) is 14.8 Å². The van der Waals surface area contributed by atoms with Gasteiger partial charge in [0.2, 0.25) is 0 Å². The Bertz CT molecular complexity index is 1030. The number of ether oxygens (including phenoxy) is 2. The van der Waals surface area contributed by atoms with Crippen molar-refractivity contribution in [2.24, 2.45) is 0 Å². The van der Waals surface area contributed by atoms with Gasteiger partial charge in [0, 0.05) is 5.39 Å². The van der Waals surface area contributed by atoms with Crippen LogP contribution in [0.4, 0.5) is 10.6 Å². The molecule has 8 heteroatoms. The van der Waals surface area contributed by atoms with Gasteiger partial charge in [0.05, 0.1) is 24.9 Å². The zero-order valence-electron chi connectivity index (χ0n) is 16.8. The average Bonchev–Trinajstić information content (AvgIpc) is 3.12. The van der Waals surface area contributed by atoms with E-state index in [1.54, 1.807) is 6.92 Å². The Balaban J connectivity index is 2.02. The lowest BCUT2D eigenvalue weighted by Gasteiger charge is -2.12. The second-order valence-electron chi connectivity index (χ2n) is 6.47. The maximum absolute atomic E-state index is 12.3. The van der Waals surface area contributed by atoms with Gasteiger partial charge in [-0.1, -0.05) is 31.5 Å². The van der Waals surface area contributed by atoms with Gasteiger partial charge in [-0.2, -0.15) is 9.78 Å². The predicted octanol–water partition coefficient (Wildman–Crippen LogP) is 4.25. The number of nitrogens with zero attached hydrogens (tertiary/aromatic N) is 3. The maximum Gasteiger partial charge on any atom is 0.412 e. The number of hydrogen-bond donors (Lipinski definition) is 1. The first-order chi connectivity index (χ1) is 14.0. The molecule has 2 aromatic heterocycles. The van der Waals surface area contributed by atoms with Gasteiger partial charge in [-0.3, -0.25) is 5.32 Å². The summed E-state index contributed by atoms with van der Waals surface area (Å²) in [5.41, 5.74) is 1.91. The summed E-state index contributed by atoms with van der Waals surface area (Å²) in [4.78, 5) is 29.2. The van der Waals surface area contributed by atoms with Gasteiger partial charge in [-0.25, -0.2) is 14.6 Å². The third-order valence-corrected chi connectivity index (χ3v) is 4.34. The predicted molar refractivity (Wildman–Crippen MR) is 109 cm³/mol. The number of pyridine rings is 1. The van der Waals surface area contributed by atoms with Gasteiger partial charge in [0.15, 0.2) is 11.6 Å². The van der Waals surface area contributed by atoms with Crippen molar-refractivity contribution in [3.63, 3.8) is 0 Å². The van der Waals surface area contributed by atoms with Crippen LogP contribution in [0, 0.1) is 6.92 Å². The number of aromatic nitrogens is 3. The summed E-state index contributed by atoms with van der Waals surface area (Å²) in [6.45, 7) is 6.18. The molecule has 3 rings (SSSR count). The minimum atomic E-state index is -0.664. The van der Waals surface area contributed by atoms with Gasteiger partial charge < -0.3 is 9.47 Å². The fraction of sp³-hybridized carbons (Fsp3) is 0.333. The van der Waals surface area contributed by atoms with E-state index in [0.717, 1.165) is 29.3 Å². The molecule has 0 radical (unpaired) electrons. The highest BCUT2D eigenvalue weighted by molar-refractivity contribution is 5.99. The molecule has 1 amide bonds. The zero-order valence-corrected chi connectivity index (χ0v) is 16.8. The maximum atomic E-state index is 12.3. The molecule has 2 heterocycles. The molecule has 0 saturated heterocycles. The minimum absolute atomic E-state index is 0.131. The van der Waals surface area contributed by atoms with Crippen LogP contribution >= 0.6 is 0 Å². The fourth-order valence-corrected chi connectivity index (χ4v) is 2.88. The molecule has 0 aliphatic heterocycles. The highest BCUT2D eigenvalue weighted by Crippen LogP contribution is 2.24. The number of nitrogens with one attached hydrogen (secondary N) is 1. The molecule has 8 nitrogen and oxygen atoms in total. The lowest BCUT2D eigenvalue weighted by Crippen LogP contribution is -2.19. The molecule has 0 atom stereocenters. The lowest BCUT2D eigenvalue weighted by molar-refractivity contribution is 0.0527. The highest BCUT2D eigenvalue weighted by atomic mass is 16.5. The number of carbonyl (C=O) groups excluding carboxylic acids is 2. The number of aryl methyl sites for hydroxylation is 1. The Hall–Kier alpha value is -3.42. The fourth-order valence-electron chi connectivity index (χ4n) is 2.88. The van der Waals surface area contributed by atoms with Gasteiger partial charge in [-0.15, -0.1) is 0 Å². The van der Waals surface area contributed by atoms with Crippen LogP contribution in [0.15, 0.2) is 36.5 Å². The molecule has 0 spiro atoms. The van der Waals surface area contributed by atoms with E-state index in [0.29, 0.717) is 12.4 Å². The molecular weight excluding hydrogens is 372 g/mol. The van der Waals surface area contributed by atoms with Crippen LogP contribution in [0.2, 0.25) is 0 Å². The summed E-state index contributed by atoms with van der Waals surface area (Å²) in [5, 5.41) is 7.91. The quantitative estimate of drug-likeness (QED) is 0.474. The zero-order chi connectivity index (χ0) is 20.8. The van der Waals surface area contributed by atoms with Crippen LogP contribution in [0.3, 0.4) is 0 Å². The number of carbonyl (C=O) groups is 2. The number of para-hydroxylation sites is 1. The van der Waals surface area contributed by atoms with Crippen molar-refractivity contribution in [3.05, 3.63) is 47.7 Å². The van der Waals surface area contributed by atoms with E-state index in [1.807, 2.05) is 44.2 Å². The van der Waals surface area contributed by atoms with E-state index in [4.69, 9.17) is 9.47 Å². The smallest absolute Gasteiger partial charge is 0.412 e. The van der Waals surface area contributed by atoms with Crippen LogP contribution in [-0.4, -0.2) is 40.0 Å². The third-order valence-electron chi connectivity index (χ3n) is 4.34. The number of anilines is 1. The molecular formula is C21H24N4O4. The molecule has 0 aliphatic rings. The van der Waals surface area contributed by atoms with Crippen molar-refractivity contribution in [1.29, 1.82) is 0 Å². The molecule has 0 unspecified atom stereocenters. The first kappa shape index (κ1) is 20.3. The van der Waals surface area contributed by atoms with Crippen LogP contribution in [0.1, 0.15) is 42.6 Å². The number of rotatable bonds is 7. The lowest BCUT2D eigenvalue weighted by atomic mass is 10.1. The molecule has 0 aliphatic carbocycles. The van der Waals surface area contributed by atoms with Gasteiger partial charge in [0.25, 0.3) is 0 Å². The molecule has 29 heavy (non-hydrogen) atoms. The van der Waals surface area contributed by atoms with Crippen LogP contribution in [-0.2, 0) is 9.47 Å². The van der Waals surface area contributed by atoms with E-state index in [2.05, 4.69) is 15.4 Å². The van der Waals surface area contributed by atoms with Crippen molar-refractivity contribution in [2.75, 3.05) is 18.5 Å². The number of unbranched alkanes of at least 4 members (excludes halogenated alkanes) is 1. The Kier molecular flexibility index (Phi) is 6.43. The molecule has 1 aromatic carbocycles. The monoisotopic (exact) mass is 396 g/mol. The van der Waals surface area contributed by atoms with Gasteiger partial charge in [0.1, 0.15) is 5.56 Å². The van der Waals surface area contributed by atoms with Crippen molar-refractivity contribution >= 4 is 28.8 Å². The third kappa shape index (κ3) is 4.53. The van der Waals surface area contributed by atoms with Crippen LogP contribution < -0.4 is 5.32 Å². The Morgan fingerprint density at radius 1 is 1.17 bits per heavy atom. The van der Waals surface area contributed by atoms with E-state index >= 15 is 0 Å². The van der Waals surface area contributed by atoms with Gasteiger partial charge >= 0.3 is 12.1 Å². The topological polar surface area (TPSA) is 95.3 Å². The first-order valence-electron chi connectivity index (χ1n) is 9.60. The van der Waals surface area contributed by atoms with Crippen molar-refractivity contribution in [2.45, 2.75) is 33.6 Å². The molecule has 1 N–H and O–H groups in total. The Labute approximate surface area is 168 Å². The molecule has 0 bridgehead atoms. The molecule has 152 valence electrons. The second kappa shape index (κ2) is 9.18. The summed E-state index contributed by atoms with van der Waals surface area (Å²) in [5.74, 6) is 0.0489. The van der Waals surface area contributed by atoms with Crippen LogP contribution in [0.5, 0.6) is 0 Å². The van der Waals surface area contributed by atoms with Crippen LogP contribution in [0.25, 0.3) is 16.7 Å². The minimum Gasteiger partial charge on any atom is -0.462 e. The molecule has 0 saturated carbocycles. The van der Waals surface area contributed by atoms with Gasteiger partial charge in [-0.05, 0) is 38.0 Å². The van der Waals surface area contributed by atoms with E-state index in [9.17, 15) is 9.59 Å². The number of benzene rings is 1. The summed E-state index contributed by atoms with van der Waals surface area (Å²) < 4.78 is 11.7. The number of hydrogen-bond acceptors (Lipinski definition) is 6. The first-order valence-corrected chi connectivity index (χ1v) is 9.60. The second-order valence-corrected chi connectivity index (χ2v) is 6.47. The summed E-state index contributed by atoms with van der Waals surface area (Å²) in [6, 6.07) is 9.57. The standard InChI is InChI=1S/C21H24N4O4/c1-4-6-11-29-21(27)24-19-16(20(26)28-5-2)13-22-25(19)18-12-14(3)15-9-7-8-10-17(15)23-18/h7-10,12-13H,4-6,11H2,1-3H3,(H,24,27). The normalized spacial score (nSPS) is 10.7. The summed E-state index contributed by atoms with van der Waals surface area (Å²) in [6.07, 6.45) is 2.34. The molecule has 0 fully saturated rings. The van der Waals surface area contributed by atoms with E-state index in [-0.39, 0.29) is 18.0 Å². The SMILES string of the molecule is CCCCOC(=O)Nc1c(C(=O)OCC)cnn1-c1cc(C)c2ccccc2n1. The molecule has 3 aromatic rings. The van der Waals surface area contributed by atoms with E-state index in [1.165, 1.54) is 10.9 Å². The van der Waals surface area contributed by atoms with E-state index < -0.39 is 12.1 Å². The van der Waals surface area contributed by atoms with Crippen molar-refractivity contribution in [3.8, 4) is 5.82 Å². The average molecular weight is 396 g/mol. The number of amides is 1. The number of esters is 1. The Morgan fingerprint density at radius 3 is 2.72 bits per heavy atom. The highest BCUT2D eigenvalue weighted by Gasteiger charge is 2.23. The Morgan fingerprint density at radius 2 is 1.97 bits per heavy atom. The number of fused-ring (bicyclic) bond motifs is 1. The summed E-state index contributed by atoms with van der Waals surface area (Å²) >= 11 is 0. The van der Waals surface area contributed by atoms with Crippen molar-refractivity contribution < 1.29 is 19.1 Å². The largest absolute Gasteiger partial charge is 0.462 e.